The van der Waals surface area contributed by atoms with E-state index >= 15 is 0 Å². The summed E-state index contributed by atoms with van der Waals surface area (Å²) in [5, 5.41) is 4.04. The summed E-state index contributed by atoms with van der Waals surface area (Å²) in [7, 11) is 1.79. The van der Waals surface area contributed by atoms with Gasteiger partial charge in [0.25, 0.3) is 0 Å². The van der Waals surface area contributed by atoms with Crippen LogP contribution in [0, 0.1) is 0 Å². The molecule has 0 aromatic carbocycles. The van der Waals surface area contributed by atoms with Crippen molar-refractivity contribution in [1.29, 1.82) is 0 Å². The first-order chi connectivity index (χ1) is 8.67. The Balaban J connectivity index is 2.41. The summed E-state index contributed by atoms with van der Waals surface area (Å²) < 4.78 is 12.1. The third-order valence-corrected chi connectivity index (χ3v) is 2.53. The highest BCUT2D eigenvalue weighted by atomic mass is 16.5. The van der Waals surface area contributed by atoms with Crippen LogP contribution in [0.2, 0.25) is 0 Å². The maximum atomic E-state index is 11.7. The molecule has 2 rings (SSSR count). The third kappa shape index (κ3) is 2.13. The monoisotopic (exact) mass is 249 g/mol. The van der Waals surface area contributed by atoms with Crippen molar-refractivity contribution >= 4 is 5.97 Å². The molecule has 0 amide bonds. The second-order valence-corrected chi connectivity index (χ2v) is 3.71. The fourth-order valence-corrected chi connectivity index (χ4v) is 1.64. The van der Waals surface area contributed by atoms with Crippen molar-refractivity contribution in [2.45, 2.75) is 20.3 Å². The SMILES string of the molecule is CCOC(=O)c1oc(-c2ccnn2C)nc1CC. The Morgan fingerprint density at radius 2 is 2.28 bits per heavy atom. The van der Waals surface area contributed by atoms with Gasteiger partial charge in [-0.05, 0) is 19.4 Å². The van der Waals surface area contributed by atoms with Gasteiger partial charge in [0, 0.05) is 13.2 Å². The summed E-state index contributed by atoms with van der Waals surface area (Å²) in [6, 6.07) is 1.78. The molecule has 6 nitrogen and oxygen atoms in total. The number of esters is 1. The molecule has 2 aromatic rings. The number of nitrogens with zero attached hydrogens (tertiary/aromatic N) is 3. The summed E-state index contributed by atoms with van der Waals surface area (Å²) in [5.41, 5.74) is 1.32. The molecule has 0 aliphatic carbocycles. The molecule has 0 N–H and O–H groups in total. The van der Waals surface area contributed by atoms with Gasteiger partial charge in [-0.3, -0.25) is 4.68 Å². The van der Waals surface area contributed by atoms with Gasteiger partial charge in [-0.1, -0.05) is 6.92 Å². The van der Waals surface area contributed by atoms with Crippen LogP contribution in [-0.2, 0) is 18.2 Å². The minimum absolute atomic E-state index is 0.176. The van der Waals surface area contributed by atoms with Gasteiger partial charge in [-0.15, -0.1) is 0 Å². The standard InChI is InChI=1S/C12H15N3O3/c1-4-8-10(12(16)17-5-2)18-11(14-8)9-6-7-13-15(9)3/h6-7H,4-5H2,1-3H3. The largest absolute Gasteiger partial charge is 0.460 e. The Bertz CT molecular complexity index is 557. The van der Waals surface area contributed by atoms with Gasteiger partial charge >= 0.3 is 5.97 Å². The lowest BCUT2D eigenvalue weighted by Crippen LogP contribution is -2.05. The van der Waals surface area contributed by atoms with Crippen LogP contribution >= 0.6 is 0 Å². The molecule has 0 radical (unpaired) electrons. The topological polar surface area (TPSA) is 70.2 Å². The van der Waals surface area contributed by atoms with Gasteiger partial charge in [0.1, 0.15) is 5.69 Å². The first-order valence-electron chi connectivity index (χ1n) is 5.82. The average Bonchev–Trinajstić information content (AvgIpc) is 2.94. The quantitative estimate of drug-likeness (QED) is 0.773. The van der Waals surface area contributed by atoms with Crippen LogP contribution in [0.4, 0.5) is 0 Å². The van der Waals surface area contributed by atoms with E-state index in [0.717, 1.165) is 5.69 Å². The predicted molar refractivity (Wildman–Crippen MR) is 64.0 cm³/mol. The average molecular weight is 249 g/mol. The second kappa shape index (κ2) is 5.03. The van der Waals surface area contributed by atoms with Gasteiger partial charge in [0.2, 0.25) is 11.7 Å². The summed E-state index contributed by atoms with van der Waals surface area (Å²) in [5.74, 6) is 0.0840. The molecule has 0 spiro atoms. The second-order valence-electron chi connectivity index (χ2n) is 3.71. The lowest BCUT2D eigenvalue weighted by atomic mass is 10.3. The van der Waals surface area contributed by atoms with E-state index in [1.54, 1.807) is 30.9 Å². The zero-order valence-corrected chi connectivity index (χ0v) is 10.6. The molecule has 18 heavy (non-hydrogen) atoms. The van der Waals surface area contributed by atoms with Crippen LogP contribution in [0.3, 0.4) is 0 Å². The fourth-order valence-electron chi connectivity index (χ4n) is 1.64. The van der Waals surface area contributed by atoms with E-state index in [4.69, 9.17) is 9.15 Å². The van der Waals surface area contributed by atoms with E-state index in [1.165, 1.54) is 0 Å². The van der Waals surface area contributed by atoms with E-state index < -0.39 is 5.97 Å². The van der Waals surface area contributed by atoms with Gasteiger partial charge in [0.05, 0.1) is 12.3 Å². The summed E-state index contributed by atoms with van der Waals surface area (Å²) >= 11 is 0. The molecule has 0 aliphatic heterocycles. The third-order valence-electron chi connectivity index (χ3n) is 2.53. The number of rotatable bonds is 4. The van der Waals surface area contributed by atoms with Crippen molar-refractivity contribution in [2.75, 3.05) is 6.61 Å². The minimum atomic E-state index is -0.477. The maximum Gasteiger partial charge on any atom is 0.376 e. The maximum absolute atomic E-state index is 11.7. The molecular weight excluding hydrogens is 234 g/mol. The van der Waals surface area contributed by atoms with Crippen LogP contribution < -0.4 is 0 Å². The van der Waals surface area contributed by atoms with Gasteiger partial charge in [0.15, 0.2) is 0 Å². The molecule has 0 aliphatic rings. The number of ether oxygens (including phenoxy) is 1. The Kier molecular flexibility index (Phi) is 3.45. The number of oxazole rings is 1. The Morgan fingerprint density at radius 3 is 2.83 bits per heavy atom. The number of hydrogen-bond acceptors (Lipinski definition) is 5. The molecule has 2 heterocycles. The molecule has 6 heteroatoms. The zero-order valence-electron chi connectivity index (χ0n) is 10.6. The molecule has 0 saturated carbocycles. The fraction of sp³-hybridized carbons (Fsp3) is 0.417. The highest BCUT2D eigenvalue weighted by Crippen LogP contribution is 2.22. The first-order valence-corrected chi connectivity index (χ1v) is 5.82. The molecule has 0 unspecified atom stereocenters. The lowest BCUT2D eigenvalue weighted by Gasteiger charge is -1.98. The van der Waals surface area contributed by atoms with Gasteiger partial charge < -0.3 is 9.15 Å². The normalized spacial score (nSPS) is 10.6. The van der Waals surface area contributed by atoms with Gasteiger partial charge in [-0.25, -0.2) is 9.78 Å². The van der Waals surface area contributed by atoms with E-state index in [-0.39, 0.29) is 5.76 Å². The molecule has 0 atom stereocenters. The zero-order chi connectivity index (χ0) is 13.1. The molecule has 96 valence electrons. The highest BCUT2D eigenvalue weighted by Gasteiger charge is 2.22. The lowest BCUT2D eigenvalue weighted by molar-refractivity contribution is 0.0489. The molecular formula is C12H15N3O3. The first kappa shape index (κ1) is 12.3. The van der Waals surface area contributed by atoms with Crippen molar-refractivity contribution in [3.05, 3.63) is 23.7 Å². The van der Waals surface area contributed by atoms with Crippen molar-refractivity contribution in [3.8, 4) is 11.6 Å². The van der Waals surface area contributed by atoms with Crippen LogP contribution in [0.1, 0.15) is 30.1 Å². The molecule has 2 aromatic heterocycles. The number of aryl methyl sites for hydroxylation is 2. The van der Waals surface area contributed by atoms with Crippen molar-refractivity contribution in [3.63, 3.8) is 0 Å². The van der Waals surface area contributed by atoms with Crippen molar-refractivity contribution in [2.24, 2.45) is 7.05 Å². The summed E-state index contributed by atoms with van der Waals surface area (Å²) in [4.78, 5) is 16.0. The van der Waals surface area contributed by atoms with Gasteiger partial charge in [-0.2, -0.15) is 5.10 Å². The molecule has 0 saturated heterocycles. The van der Waals surface area contributed by atoms with Crippen LogP contribution in [0.15, 0.2) is 16.7 Å². The van der Waals surface area contributed by atoms with E-state index in [2.05, 4.69) is 10.1 Å². The summed E-state index contributed by atoms with van der Waals surface area (Å²) in [6.07, 6.45) is 2.25. The van der Waals surface area contributed by atoms with Crippen molar-refractivity contribution in [1.82, 2.24) is 14.8 Å². The minimum Gasteiger partial charge on any atom is -0.460 e. The van der Waals surface area contributed by atoms with E-state index in [0.29, 0.717) is 24.6 Å². The number of carbonyl (C=O) groups excluding carboxylic acids is 1. The Hall–Kier alpha value is -2.11. The number of carbonyl (C=O) groups is 1. The Labute approximate surface area is 105 Å². The predicted octanol–water partition coefficient (Wildman–Crippen LogP) is 1.81. The van der Waals surface area contributed by atoms with Crippen LogP contribution in [0.5, 0.6) is 0 Å². The molecule has 0 bridgehead atoms. The van der Waals surface area contributed by atoms with Crippen LogP contribution in [0.25, 0.3) is 11.6 Å². The molecule has 0 fully saturated rings. The van der Waals surface area contributed by atoms with E-state index in [1.807, 2.05) is 6.92 Å². The smallest absolute Gasteiger partial charge is 0.376 e. The van der Waals surface area contributed by atoms with Crippen molar-refractivity contribution < 1.29 is 13.9 Å². The van der Waals surface area contributed by atoms with Crippen LogP contribution in [-0.4, -0.2) is 27.3 Å². The number of hydrogen-bond donors (Lipinski definition) is 0. The summed E-state index contributed by atoms with van der Waals surface area (Å²) in [6.45, 7) is 3.97. The number of aromatic nitrogens is 3. The van der Waals surface area contributed by atoms with E-state index in [9.17, 15) is 4.79 Å². The highest BCUT2D eigenvalue weighted by molar-refractivity contribution is 5.88. The Morgan fingerprint density at radius 1 is 1.50 bits per heavy atom.